The first kappa shape index (κ1) is 25.4. The molecule has 198 valence electrons. The van der Waals surface area contributed by atoms with Gasteiger partial charge in [0, 0.05) is 24.3 Å². The summed E-state index contributed by atoms with van der Waals surface area (Å²) in [5.74, 6) is -0.389. The fourth-order valence-electron chi connectivity index (χ4n) is 6.06. The van der Waals surface area contributed by atoms with Gasteiger partial charge in [0.1, 0.15) is 5.82 Å². The van der Waals surface area contributed by atoms with E-state index in [1.165, 1.54) is 17.8 Å². The largest absolute Gasteiger partial charge is 0.390 e. The molecule has 3 saturated carbocycles. The molecule has 4 N–H and O–H groups in total. The Morgan fingerprint density at radius 3 is 2.41 bits per heavy atom. The van der Waals surface area contributed by atoms with Crippen molar-refractivity contribution in [2.45, 2.75) is 88.4 Å². The second-order valence-electron chi connectivity index (χ2n) is 11.6. The Balaban J connectivity index is 1.14. The van der Waals surface area contributed by atoms with Gasteiger partial charge >= 0.3 is 12.1 Å². The number of aromatic nitrogens is 1. The van der Waals surface area contributed by atoms with Crippen molar-refractivity contribution < 1.29 is 19.1 Å². The predicted molar refractivity (Wildman–Crippen MR) is 138 cm³/mol. The Hall–Kier alpha value is -3.20. The standard InChI is InChI=1S/C28H36FN5O3/c1-26(2,37)13-14-30-24(35)33-28-10-7-27(8-11-28,9-12-28)20-3-5-22(6-4-20)32-25(36)34-17-19-15-21(29)16-31-23(19)18-34/h3-6,15-16,37H,7-14,17-18H2,1-2H3,(H,32,36)(H2,30,33,35). The van der Waals surface area contributed by atoms with Gasteiger partial charge in [-0.15, -0.1) is 0 Å². The number of anilines is 1. The normalized spacial score (nSPS) is 24.5. The van der Waals surface area contributed by atoms with Gasteiger partial charge in [-0.1, -0.05) is 12.1 Å². The zero-order chi connectivity index (χ0) is 26.3. The molecular weight excluding hydrogens is 473 g/mol. The highest BCUT2D eigenvalue weighted by molar-refractivity contribution is 5.89. The van der Waals surface area contributed by atoms with Crippen LogP contribution in [0.3, 0.4) is 0 Å². The lowest BCUT2D eigenvalue weighted by atomic mass is 9.55. The van der Waals surface area contributed by atoms with E-state index in [1.807, 2.05) is 12.1 Å². The second-order valence-corrected chi connectivity index (χ2v) is 11.6. The van der Waals surface area contributed by atoms with Crippen LogP contribution in [-0.2, 0) is 18.5 Å². The lowest BCUT2D eigenvalue weighted by Gasteiger charge is -2.54. The van der Waals surface area contributed by atoms with E-state index >= 15 is 0 Å². The smallest absolute Gasteiger partial charge is 0.322 e. The molecule has 2 heterocycles. The summed E-state index contributed by atoms with van der Waals surface area (Å²) in [7, 11) is 0. The van der Waals surface area contributed by atoms with Crippen molar-refractivity contribution in [1.29, 1.82) is 0 Å². The molecule has 0 spiro atoms. The molecule has 0 unspecified atom stereocenters. The summed E-state index contributed by atoms with van der Waals surface area (Å²) in [6.07, 6.45) is 7.55. The van der Waals surface area contributed by atoms with Crippen molar-refractivity contribution in [2.75, 3.05) is 11.9 Å². The third-order valence-electron chi connectivity index (χ3n) is 8.41. The summed E-state index contributed by atoms with van der Waals surface area (Å²) in [5.41, 5.74) is 2.65. The number of hydrogen-bond donors (Lipinski definition) is 4. The molecule has 1 aliphatic heterocycles. The number of carbonyl (C=O) groups excluding carboxylic acids is 2. The molecule has 0 atom stereocenters. The van der Waals surface area contributed by atoms with Crippen LogP contribution in [0.2, 0.25) is 0 Å². The van der Waals surface area contributed by atoms with Crippen molar-refractivity contribution in [3.63, 3.8) is 0 Å². The molecule has 1 aromatic heterocycles. The van der Waals surface area contributed by atoms with E-state index in [0.717, 1.165) is 55.5 Å². The highest BCUT2D eigenvalue weighted by Crippen LogP contribution is 2.53. The fourth-order valence-corrected chi connectivity index (χ4v) is 6.06. The number of rotatable bonds is 6. The molecule has 3 aliphatic carbocycles. The molecule has 4 aliphatic rings. The van der Waals surface area contributed by atoms with Crippen molar-refractivity contribution in [3.8, 4) is 0 Å². The summed E-state index contributed by atoms with van der Waals surface area (Å²) in [5, 5.41) is 18.9. The Bertz CT molecular complexity index is 1150. The van der Waals surface area contributed by atoms with Crippen molar-refractivity contribution in [3.05, 3.63) is 59.2 Å². The van der Waals surface area contributed by atoms with Gasteiger partial charge in [-0.3, -0.25) is 4.98 Å². The second kappa shape index (κ2) is 9.59. The minimum Gasteiger partial charge on any atom is -0.390 e. The topological polar surface area (TPSA) is 107 Å². The number of pyridine rings is 1. The molecule has 6 rings (SSSR count). The van der Waals surface area contributed by atoms with Crippen LogP contribution in [0, 0.1) is 5.82 Å². The number of hydrogen-bond acceptors (Lipinski definition) is 4. The Morgan fingerprint density at radius 2 is 1.76 bits per heavy atom. The third-order valence-corrected chi connectivity index (χ3v) is 8.41. The Labute approximate surface area is 217 Å². The van der Waals surface area contributed by atoms with E-state index in [2.05, 4.69) is 33.1 Å². The number of nitrogens with zero attached hydrogens (tertiary/aromatic N) is 2. The molecule has 0 radical (unpaired) electrons. The molecule has 2 bridgehead atoms. The molecule has 4 amide bonds. The van der Waals surface area contributed by atoms with Crippen LogP contribution in [0.1, 0.15) is 75.6 Å². The van der Waals surface area contributed by atoms with E-state index in [4.69, 9.17) is 0 Å². The lowest BCUT2D eigenvalue weighted by Crippen LogP contribution is -2.59. The van der Waals surface area contributed by atoms with Crippen LogP contribution in [0.5, 0.6) is 0 Å². The average Bonchev–Trinajstić information content (AvgIpc) is 3.28. The van der Waals surface area contributed by atoms with Gasteiger partial charge in [0.05, 0.1) is 24.0 Å². The number of amides is 4. The summed E-state index contributed by atoms with van der Waals surface area (Å²) in [4.78, 5) is 30.9. The highest BCUT2D eigenvalue weighted by Gasteiger charge is 2.50. The average molecular weight is 510 g/mol. The highest BCUT2D eigenvalue weighted by atomic mass is 19.1. The van der Waals surface area contributed by atoms with Crippen molar-refractivity contribution >= 4 is 17.7 Å². The van der Waals surface area contributed by atoms with Gasteiger partial charge in [-0.05, 0) is 93.5 Å². The summed E-state index contributed by atoms with van der Waals surface area (Å²) in [6, 6.07) is 9.19. The predicted octanol–water partition coefficient (Wildman–Crippen LogP) is 4.57. The summed E-state index contributed by atoms with van der Waals surface area (Å²) in [6.45, 7) is 4.64. The van der Waals surface area contributed by atoms with Gasteiger partial charge < -0.3 is 26.0 Å². The summed E-state index contributed by atoms with van der Waals surface area (Å²) >= 11 is 0. The maximum atomic E-state index is 13.4. The monoisotopic (exact) mass is 509 g/mol. The van der Waals surface area contributed by atoms with E-state index < -0.39 is 5.60 Å². The lowest BCUT2D eigenvalue weighted by molar-refractivity contribution is 0.0702. The molecule has 3 fully saturated rings. The van der Waals surface area contributed by atoms with Gasteiger partial charge in [0.25, 0.3) is 0 Å². The number of benzene rings is 1. The molecule has 8 nitrogen and oxygen atoms in total. The molecule has 1 aromatic carbocycles. The Morgan fingerprint density at radius 1 is 1.08 bits per heavy atom. The van der Waals surface area contributed by atoms with Gasteiger partial charge in [0.15, 0.2) is 0 Å². The first-order chi connectivity index (χ1) is 17.5. The number of aliphatic hydroxyl groups is 1. The minimum absolute atomic E-state index is 0.107. The van der Waals surface area contributed by atoms with Crippen LogP contribution < -0.4 is 16.0 Å². The molecule has 0 saturated heterocycles. The van der Waals surface area contributed by atoms with E-state index in [0.29, 0.717) is 26.1 Å². The van der Waals surface area contributed by atoms with E-state index in [-0.39, 0.29) is 28.8 Å². The minimum atomic E-state index is -0.794. The van der Waals surface area contributed by atoms with Crippen LogP contribution >= 0.6 is 0 Å². The number of fused-ring (bicyclic) bond motifs is 4. The third kappa shape index (κ3) is 5.56. The Kier molecular flexibility index (Phi) is 6.60. The van der Waals surface area contributed by atoms with Crippen molar-refractivity contribution in [2.24, 2.45) is 0 Å². The number of nitrogens with one attached hydrogen (secondary N) is 3. The van der Waals surface area contributed by atoms with Crippen LogP contribution in [-0.4, -0.2) is 44.7 Å². The number of carbonyl (C=O) groups is 2. The number of urea groups is 2. The molecule has 2 aromatic rings. The van der Waals surface area contributed by atoms with Gasteiger partial charge in [0.2, 0.25) is 0 Å². The van der Waals surface area contributed by atoms with Crippen LogP contribution in [0.15, 0.2) is 36.5 Å². The molecule has 37 heavy (non-hydrogen) atoms. The maximum absolute atomic E-state index is 13.4. The number of halogens is 1. The molecular formula is C28H36FN5O3. The van der Waals surface area contributed by atoms with Gasteiger partial charge in [-0.2, -0.15) is 0 Å². The van der Waals surface area contributed by atoms with Crippen molar-refractivity contribution in [1.82, 2.24) is 20.5 Å². The van der Waals surface area contributed by atoms with Gasteiger partial charge in [-0.25, -0.2) is 14.0 Å². The van der Waals surface area contributed by atoms with E-state index in [9.17, 15) is 19.1 Å². The first-order valence-electron chi connectivity index (χ1n) is 13.1. The zero-order valence-corrected chi connectivity index (χ0v) is 21.6. The zero-order valence-electron chi connectivity index (χ0n) is 21.6. The quantitative estimate of drug-likeness (QED) is 0.458. The van der Waals surface area contributed by atoms with Crippen LogP contribution in [0.4, 0.5) is 19.7 Å². The fraction of sp³-hybridized carbons (Fsp3) is 0.536. The SMILES string of the molecule is CC(C)(O)CCNC(=O)NC12CCC(c3ccc(NC(=O)N4Cc5cc(F)cnc5C4)cc3)(CC1)CC2. The molecule has 9 heteroatoms. The van der Waals surface area contributed by atoms with E-state index in [1.54, 1.807) is 18.7 Å². The van der Waals surface area contributed by atoms with Crippen LogP contribution in [0.25, 0.3) is 0 Å². The first-order valence-corrected chi connectivity index (χ1v) is 13.1. The maximum Gasteiger partial charge on any atom is 0.322 e. The summed E-state index contributed by atoms with van der Waals surface area (Å²) < 4.78 is 13.4.